The van der Waals surface area contributed by atoms with Crippen molar-refractivity contribution in [1.82, 2.24) is 9.47 Å². The Hall–Kier alpha value is -1.79. The molecule has 3 nitrogen and oxygen atoms in total. The molecule has 0 bridgehead atoms. The first kappa shape index (κ1) is 14.6. The van der Waals surface area contributed by atoms with Gasteiger partial charge in [0.2, 0.25) is 0 Å². The van der Waals surface area contributed by atoms with Gasteiger partial charge in [-0.1, -0.05) is 18.2 Å². The molecule has 0 unspecified atom stereocenters. The summed E-state index contributed by atoms with van der Waals surface area (Å²) >= 11 is 0. The normalized spacial score (nSPS) is 12.0. The maximum Gasteiger partial charge on any atom is 0.0697 e. The van der Waals surface area contributed by atoms with E-state index in [1.54, 1.807) is 0 Å². The molecule has 0 radical (unpaired) electrons. The first-order chi connectivity index (χ1) is 9.43. The fourth-order valence-electron chi connectivity index (χ4n) is 2.73. The van der Waals surface area contributed by atoms with E-state index in [1.165, 1.54) is 16.5 Å². The van der Waals surface area contributed by atoms with Gasteiger partial charge in [-0.2, -0.15) is 5.26 Å². The van der Waals surface area contributed by atoms with Crippen molar-refractivity contribution < 1.29 is 0 Å². The van der Waals surface area contributed by atoms with Crippen LogP contribution >= 0.6 is 0 Å². The maximum atomic E-state index is 9.09. The van der Waals surface area contributed by atoms with Crippen LogP contribution in [0.5, 0.6) is 0 Å². The predicted molar refractivity (Wildman–Crippen MR) is 83.5 cm³/mol. The number of para-hydroxylation sites is 1. The van der Waals surface area contributed by atoms with E-state index < -0.39 is 0 Å². The molecule has 1 aromatic heterocycles. The number of fused-ring (bicyclic) bond motifs is 1. The number of aryl methyl sites for hydroxylation is 1. The number of likely N-dealkylation sites (N-methyl/N-ethyl adjacent to an activating group) is 1. The Morgan fingerprint density at radius 2 is 2.00 bits per heavy atom. The summed E-state index contributed by atoms with van der Waals surface area (Å²) in [6.45, 7) is 5.75. The molecule has 0 spiro atoms. The van der Waals surface area contributed by atoms with Crippen molar-refractivity contribution >= 4 is 10.9 Å². The molecule has 0 saturated carbocycles. The molecule has 3 heteroatoms. The molecule has 0 aliphatic carbocycles. The summed E-state index contributed by atoms with van der Waals surface area (Å²) in [5.74, 6) is 0. The Labute approximate surface area is 121 Å². The summed E-state index contributed by atoms with van der Waals surface area (Å²) in [5, 5.41) is 10.4. The van der Waals surface area contributed by atoms with Crippen molar-refractivity contribution in [2.24, 2.45) is 12.5 Å². The van der Waals surface area contributed by atoms with Gasteiger partial charge in [0.25, 0.3) is 0 Å². The van der Waals surface area contributed by atoms with E-state index in [1.807, 2.05) is 13.8 Å². The highest BCUT2D eigenvalue weighted by Crippen LogP contribution is 2.21. The number of nitrogens with zero attached hydrogens (tertiary/aromatic N) is 3. The van der Waals surface area contributed by atoms with E-state index in [0.717, 1.165) is 19.5 Å². The van der Waals surface area contributed by atoms with Crippen LogP contribution in [-0.4, -0.2) is 29.6 Å². The second kappa shape index (κ2) is 5.68. The lowest BCUT2D eigenvalue weighted by molar-refractivity contribution is 0.258. The van der Waals surface area contributed by atoms with Crippen LogP contribution in [0.15, 0.2) is 30.5 Å². The molecular formula is C17H23N3. The number of hydrogen-bond donors (Lipinski definition) is 0. The molecule has 0 fully saturated rings. The van der Waals surface area contributed by atoms with Gasteiger partial charge in [0.05, 0.1) is 11.5 Å². The number of nitriles is 1. The van der Waals surface area contributed by atoms with Gasteiger partial charge in [0.15, 0.2) is 0 Å². The van der Waals surface area contributed by atoms with Crippen molar-refractivity contribution in [3.8, 4) is 6.07 Å². The van der Waals surface area contributed by atoms with Gasteiger partial charge in [-0.15, -0.1) is 0 Å². The van der Waals surface area contributed by atoms with Gasteiger partial charge in [-0.25, -0.2) is 0 Å². The SMILES string of the molecule is CN(CCc1cn(C)c2ccccc12)CC(C)(C)C#N. The summed E-state index contributed by atoms with van der Waals surface area (Å²) < 4.78 is 2.18. The van der Waals surface area contributed by atoms with E-state index in [0.29, 0.717) is 0 Å². The Balaban J connectivity index is 2.05. The molecule has 0 N–H and O–H groups in total. The first-order valence-corrected chi connectivity index (χ1v) is 7.06. The molecule has 0 saturated heterocycles. The van der Waals surface area contributed by atoms with E-state index in [2.05, 4.69) is 60.1 Å². The molecule has 0 amide bonds. The summed E-state index contributed by atoms with van der Waals surface area (Å²) in [6, 6.07) is 10.9. The van der Waals surface area contributed by atoms with E-state index in [4.69, 9.17) is 5.26 Å². The zero-order valence-corrected chi connectivity index (χ0v) is 12.8. The van der Waals surface area contributed by atoms with Gasteiger partial charge in [0, 0.05) is 37.2 Å². The Morgan fingerprint density at radius 3 is 2.70 bits per heavy atom. The third-order valence-corrected chi connectivity index (χ3v) is 3.71. The van der Waals surface area contributed by atoms with Gasteiger partial charge >= 0.3 is 0 Å². The third kappa shape index (κ3) is 3.20. The molecule has 0 aliphatic rings. The maximum absolute atomic E-state index is 9.09. The molecule has 0 aliphatic heterocycles. The van der Waals surface area contributed by atoms with Crippen LogP contribution in [0.2, 0.25) is 0 Å². The molecule has 2 rings (SSSR count). The smallest absolute Gasteiger partial charge is 0.0697 e. The first-order valence-electron chi connectivity index (χ1n) is 7.06. The van der Waals surface area contributed by atoms with Gasteiger partial charge in [0.1, 0.15) is 0 Å². The third-order valence-electron chi connectivity index (χ3n) is 3.71. The zero-order valence-electron chi connectivity index (χ0n) is 12.8. The van der Waals surface area contributed by atoms with Crippen molar-refractivity contribution in [1.29, 1.82) is 5.26 Å². The topological polar surface area (TPSA) is 32.0 Å². The van der Waals surface area contributed by atoms with Gasteiger partial charge in [-0.3, -0.25) is 0 Å². The molecule has 20 heavy (non-hydrogen) atoms. The molecular weight excluding hydrogens is 246 g/mol. The highest BCUT2D eigenvalue weighted by Gasteiger charge is 2.19. The number of rotatable bonds is 5. The fraction of sp³-hybridized carbons (Fsp3) is 0.471. The van der Waals surface area contributed by atoms with Crippen LogP contribution in [0.1, 0.15) is 19.4 Å². The minimum Gasteiger partial charge on any atom is -0.350 e. The molecule has 1 heterocycles. The molecule has 2 aromatic rings. The highest BCUT2D eigenvalue weighted by molar-refractivity contribution is 5.83. The zero-order chi connectivity index (χ0) is 14.8. The minimum absolute atomic E-state index is 0.284. The summed E-state index contributed by atoms with van der Waals surface area (Å²) in [5.41, 5.74) is 2.38. The van der Waals surface area contributed by atoms with E-state index >= 15 is 0 Å². The lowest BCUT2D eigenvalue weighted by Gasteiger charge is -2.24. The molecule has 0 atom stereocenters. The number of aromatic nitrogens is 1. The summed E-state index contributed by atoms with van der Waals surface area (Å²) in [4.78, 5) is 2.24. The van der Waals surface area contributed by atoms with Gasteiger partial charge < -0.3 is 9.47 Å². The van der Waals surface area contributed by atoms with Crippen LogP contribution in [0.25, 0.3) is 10.9 Å². The predicted octanol–water partition coefficient (Wildman–Crippen LogP) is 3.20. The van der Waals surface area contributed by atoms with Crippen molar-refractivity contribution in [2.45, 2.75) is 20.3 Å². The Bertz CT molecular complexity index is 631. The monoisotopic (exact) mass is 269 g/mol. The average molecular weight is 269 g/mol. The molecule has 106 valence electrons. The van der Waals surface area contributed by atoms with Crippen LogP contribution in [0.4, 0.5) is 0 Å². The van der Waals surface area contributed by atoms with Crippen LogP contribution < -0.4 is 0 Å². The van der Waals surface area contributed by atoms with Crippen molar-refractivity contribution in [2.75, 3.05) is 20.1 Å². The van der Waals surface area contributed by atoms with Gasteiger partial charge in [-0.05, 0) is 38.9 Å². The van der Waals surface area contributed by atoms with E-state index in [-0.39, 0.29) is 5.41 Å². The lowest BCUT2D eigenvalue weighted by Crippen LogP contribution is -2.31. The van der Waals surface area contributed by atoms with Crippen LogP contribution in [0.3, 0.4) is 0 Å². The number of benzene rings is 1. The fourth-order valence-corrected chi connectivity index (χ4v) is 2.73. The van der Waals surface area contributed by atoms with Crippen LogP contribution in [0, 0.1) is 16.7 Å². The summed E-state index contributed by atoms with van der Waals surface area (Å²) in [7, 11) is 4.18. The quantitative estimate of drug-likeness (QED) is 0.835. The standard InChI is InChI=1S/C17H23N3/c1-17(2,12-18)13-19(3)10-9-14-11-20(4)16-8-6-5-7-15(14)16/h5-8,11H,9-10,13H2,1-4H3. The number of hydrogen-bond acceptors (Lipinski definition) is 2. The highest BCUT2D eigenvalue weighted by atomic mass is 15.1. The minimum atomic E-state index is -0.284. The second-order valence-electron chi connectivity index (χ2n) is 6.27. The Kier molecular flexibility index (Phi) is 4.15. The lowest BCUT2D eigenvalue weighted by atomic mass is 9.95. The summed E-state index contributed by atoms with van der Waals surface area (Å²) in [6.07, 6.45) is 3.23. The van der Waals surface area contributed by atoms with Crippen LogP contribution in [-0.2, 0) is 13.5 Å². The van der Waals surface area contributed by atoms with E-state index in [9.17, 15) is 0 Å². The average Bonchev–Trinajstić information content (AvgIpc) is 2.73. The van der Waals surface area contributed by atoms with Crippen molar-refractivity contribution in [3.05, 3.63) is 36.0 Å². The second-order valence-corrected chi connectivity index (χ2v) is 6.27. The van der Waals surface area contributed by atoms with Crippen molar-refractivity contribution in [3.63, 3.8) is 0 Å². The Morgan fingerprint density at radius 1 is 1.30 bits per heavy atom. The largest absolute Gasteiger partial charge is 0.350 e. The molecule has 1 aromatic carbocycles.